The highest BCUT2D eigenvalue weighted by Crippen LogP contribution is 2.48. The molecule has 1 fully saturated rings. The zero-order valence-corrected chi connectivity index (χ0v) is 27.8. The van der Waals surface area contributed by atoms with Gasteiger partial charge in [-0.1, -0.05) is 74.5 Å². The number of benzene rings is 4. The van der Waals surface area contributed by atoms with Crippen LogP contribution in [0.2, 0.25) is 0 Å². The smallest absolute Gasteiger partial charge is 0.308 e. The molecule has 1 N–H and O–H groups in total. The third-order valence-corrected chi connectivity index (χ3v) is 8.78. The largest absolute Gasteiger partial charge is 0.481 e. The van der Waals surface area contributed by atoms with E-state index in [1.165, 1.54) is 0 Å². The lowest BCUT2D eigenvalue weighted by Gasteiger charge is -2.48. The fourth-order valence-corrected chi connectivity index (χ4v) is 6.40. The van der Waals surface area contributed by atoms with Gasteiger partial charge in [0.05, 0.1) is 17.8 Å². The molecule has 0 spiro atoms. The Morgan fingerprint density at radius 2 is 0.980 bits per heavy atom. The maximum absolute atomic E-state index is 14.2. The highest BCUT2D eigenvalue weighted by molar-refractivity contribution is 5.98. The van der Waals surface area contributed by atoms with E-state index in [1.54, 1.807) is 9.80 Å². The number of amides is 2. The molecule has 0 aliphatic heterocycles. The second kappa shape index (κ2) is 16.6. The number of hydrogen-bond donors (Lipinski definition) is 1. The lowest BCUT2D eigenvalue weighted by molar-refractivity contribution is -0.179. The Bertz CT molecular complexity index is 1690. The molecule has 49 heavy (non-hydrogen) atoms. The summed E-state index contributed by atoms with van der Waals surface area (Å²) >= 11 is 0. The van der Waals surface area contributed by atoms with Crippen molar-refractivity contribution in [2.75, 3.05) is 13.1 Å². The van der Waals surface area contributed by atoms with Crippen LogP contribution >= 0.6 is 0 Å². The van der Waals surface area contributed by atoms with Gasteiger partial charge in [-0.15, -0.1) is 0 Å². The number of hydrogen-bond acceptors (Lipinski definition) is 6. The van der Waals surface area contributed by atoms with Crippen LogP contribution in [0.3, 0.4) is 0 Å². The van der Waals surface area contributed by atoms with Crippen molar-refractivity contribution in [2.45, 2.75) is 39.8 Å². The molecule has 254 valence electrons. The zero-order chi connectivity index (χ0) is 34.8. The van der Waals surface area contributed by atoms with Gasteiger partial charge < -0.3 is 29.2 Å². The van der Waals surface area contributed by atoms with Crippen LogP contribution in [0.1, 0.15) is 37.8 Å². The molecular weight excluding hydrogens is 620 g/mol. The number of carbonyl (C=O) groups excluding carboxylic acids is 3. The van der Waals surface area contributed by atoms with Crippen molar-refractivity contribution in [3.05, 3.63) is 120 Å². The van der Waals surface area contributed by atoms with Gasteiger partial charge in [-0.2, -0.15) is 0 Å². The molecule has 0 saturated heterocycles. The Morgan fingerprint density at radius 3 is 1.35 bits per heavy atom. The van der Waals surface area contributed by atoms with Crippen LogP contribution < -0.4 is 9.47 Å². The molecule has 0 radical (unpaired) electrons. The van der Waals surface area contributed by atoms with Crippen LogP contribution in [0.15, 0.2) is 109 Å². The molecule has 2 amide bonds. The summed E-state index contributed by atoms with van der Waals surface area (Å²) in [5.74, 6) is -3.99. The summed E-state index contributed by atoms with van der Waals surface area (Å²) in [6, 6.07) is 33.5. The van der Waals surface area contributed by atoms with Gasteiger partial charge in [0.2, 0.25) is 11.8 Å². The topological polar surface area (TPSA) is 113 Å². The standard InChI is InChI=1S/C40H42N2O7/c1-3-23-41(25-28-15-19-32(20-16-28)48-30-11-7-5-8-12-30)38(44)35-34(27-43)36(40(46)47)37(35)39(45)42(24-4-2)26-29-17-21-33(22-18-29)49-31-13-9-6-10-14-31/h5-22,27,34-37H,3-4,23-26H2,1-2H3,(H,46,47). The summed E-state index contributed by atoms with van der Waals surface area (Å²) < 4.78 is 11.8. The maximum atomic E-state index is 14.2. The van der Waals surface area contributed by atoms with Gasteiger partial charge in [-0.25, -0.2) is 0 Å². The van der Waals surface area contributed by atoms with Gasteiger partial charge in [0.1, 0.15) is 29.3 Å². The summed E-state index contributed by atoms with van der Waals surface area (Å²) in [7, 11) is 0. The molecule has 5 rings (SSSR count). The molecule has 1 aliphatic rings. The second-order valence-electron chi connectivity index (χ2n) is 12.3. The summed E-state index contributed by atoms with van der Waals surface area (Å²) in [6.07, 6.45) is 1.81. The summed E-state index contributed by atoms with van der Waals surface area (Å²) in [5.41, 5.74) is 1.67. The van der Waals surface area contributed by atoms with E-state index < -0.39 is 41.5 Å². The van der Waals surface area contributed by atoms with Crippen LogP contribution in [0.4, 0.5) is 0 Å². The predicted octanol–water partition coefficient (Wildman–Crippen LogP) is 7.21. The monoisotopic (exact) mass is 662 g/mol. The fraction of sp³-hybridized carbons (Fsp3) is 0.300. The molecule has 4 aromatic carbocycles. The van der Waals surface area contributed by atoms with Gasteiger partial charge in [0.15, 0.2) is 0 Å². The number of carboxylic acid groups (broad SMARTS) is 1. The summed E-state index contributed by atoms with van der Waals surface area (Å²) in [5, 5.41) is 10.1. The van der Waals surface area contributed by atoms with E-state index >= 15 is 0 Å². The number of ether oxygens (including phenoxy) is 2. The van der Waals surface area contributed by atoms with Crippen LogP contribution in [0.25, 0.3) is 0 Å². The Kier molecular flexibility index (Phi) is 11.8. The summed E-state index contributed by atoms with van der Waals surface area (Å²) in [4.78, 5) is 56.3. The minimum atomic E-state index is -1.28. The molecule has 4 atom stereocenters. The van der Waals surface area contributed by atoms with Crippen LogP contribution in [0, 0.1) is 23.7 Å². The van der Waals surface area contributed by atoms with Crippen molar-refractivity contribution in [3.8, 4) is 23.0 Å². The lowest BCUT2D eigenvalue weighted by Crippen LogP contribution is -2.62. The van der Waals surface area contributed by atoms with E-state index in [2.05, 4.69) is 0 Å². The van der Waals surface area contributed by atoms with Crippen molar-refractivity contribution in [3.63, 3.8) is 0 Å². The highest BCUT2D eigenvalue weighted by Gasteiger charge is 2.61. The SMILES string of the molecule is CCCN(Cc1ccc(Oc2ccccc2)cc1)C(=O)C1C(C=O)C(C(=O)O)C1C(=O)N(CCC)Cc1ccc(Oc2ccccc2)cc1. The molecule has 4 unspecified atom stereocenters. The van der Waals surface area contributed by atoms with Crippen molar-refractivity contribution in [1.29, 1.82) is 0 Å². The van der Waals surface area contributed by atoms with Crippen molar-refractivity contribution >= 4 is 24.1 Å². The van der Waals surface area contributed by atoms with Gasteiger partial charge in [0.25, 0.3) is 0 Å². The number of para-hydroxylation sites is 2. The fourth-order valence-electron chi connectivity index (χ4n) is 6.40. The van der Waals surface area contributed by atoms with Gasteiger partial charge >= 0.3 is 5.97 Å². The normalized spacial score (nSPS) is 18.1. The number of nitrogens with zero attached hydrogens (tertiary/aromatic N) is 2. The van der Waals surface area contributed by atoms with Crippen molar-refractivity contribution < 1.29 is 33.8 Å². The number of aldehydes is 1. The minimum Gasteiger partial charge on any atom is -0.481 e. The Balaban J connectivity index is 1.32. The Morgan fingerprint density at radius 1 is 0.592 bits per heavy atom. The first-order chi connectivity index (χ1) is 23.8. The highest BCUT2D eigenvalue weighted by atomic mass is 16.5. The quantitative estimate of drug-likeness (QED) is 0.126. The zero-order valence-electron chi connectivity index (χ0n) is 27.8. The van der Waals surface area contributed by atoms with Gasteiger partial charge in [0, 0.05) is 32.1 Å². The van der Waals surface area contributed by atoms with Gasteiger partial charge in [-0.3, -0.25) is 14.4 Å². The van der Waals surface area contributed by atoms with E-state index in [4.69, 9.17) is 9.47 Å². The van der Waals surface area contributed by atoms with E-state index in [1.807, 2.05) is 123 Å². The van der Waals surface area contributed by atoms with Crippen LogP contribution in [0.5, 0.6) is 23.0 Å². The third-order valence-electron chi connectivity index (χ3n) is 8.78. The van der Waals surface area contributed by atoms with E-state index in [0.29, 0.717) is 55.2 Å². The predicted molar refractivity (Wildman–Crippen MR) is 185 cm³/mol. The Hall–Kier alpha value is -5.44. The average molecular weight is 663 g/mol. The number of carboxylic acids is 1. The first-order valence-electron chi connectivity index (χ1n) is 16.7. The van der Waals surface area contributed by atoms with Crippen molar-refractivity contribution in [2.24, 2.45) is 23.7 Å². The van der Waals surface area contributed by atoms with E-state index in [9.17, 15) is 24.3 Å². The minimum absolute atomic E-state index is 0.226. The van der Waals surface area contributed by atoms with Gasteiger partial charge in [-0.05, 0) is 72.5 Å². The average Bonchev–Trinajstić information content (AvgIpc) is 3.10. The number of rotatable bonds is 16. The molecule has 4 aromatic rings. The third kappa shape index (κ3) is 8.54. The Labute approximate surface area is 287 Å². The second-order valence-corrected chi connectivity index (χ2v) is 12.3. The lowest BCUT2D eigenvalue weighted by atomic mass is 9.56. The van der Waals surface area contributed by atoms with Crippen LogP contribution in [-0.2, 0) is 32.3 Å². The molecule has 0 aromatic heterocycles. The molecule has 1 saturated carbocycles. The molecule has 1 aliphatic carbocycles. The first-order valence-corrected chi connectivity index (χ1v) is 16.7. The maximum Gasteiger partial charge on any atom is 0.308 e. The van der Waals surface area contributed by atoms with E-state index in [-0.39, 0.29) is 13.1 Å². The van der Waals surface area contributed by atoms with E-state index in [0.717, 1.165) is 11.1 Å². The molecular formula is C40H42N2O7. The molecule has 0 bridgehead atoms. The summed E-state index contributed by atoms with van der Waals surface area (Å²) in [6.45, 7) is 5.10. The molecule has 0 heterocycles. The first kappa shape index (κ1) is 34.9. The molecule has 9 nitrogen and oxygen atoms in total. The van der Waals surface area contributed by atoms with Crippen molar-refractivity contribution in [1.82, 2.24) is 9.80 Å². The number of aliphatic carboxylic acids is 1. The van der Waals surface area contributed by atoms with Crippen LogP contribution in [-0.4, -0.2) is 52.1 Å². The number of carbonyl (C=O) groups is 4. The molecule has 9 heteroatoms.